The predicted molar refractivity (Wildman–Crippen MR) is 73.1 cm³/mol. The van der Waals surface area contributed by atoms with Crippen LogP contribution in [-0.2, 0) is 17.1 Å². The largest absolute Gasteiger partial charge is 0.275 e. The second kappa shape index (κ2) is 5.14. The average Bonchev–Trinajstić information content (AvgIpc) is 2.76. The molecule has 1 heterocycles. The van der Waals surface area contributed by atoms with E-state index >= 15 is 0 Å². The number of rotatable bonds is 4. The minimum absolute atomic E-state index is 0.311. The number of benzene rings is 1. The van der Waals surface area contributed by atoms with E-state index < -0.39 is 10.0 Å². The van der Waals surface area contributed by atoms with E-state index in [0.717, 1.165) is 11.1 Å². The van der Waals surface area contributed by atoms with Gasteiger partial charge in [-0.1, -0.05) is 18.2 Å². The van der Waals surface area contributed by atoms with Gasteiger partial charge in [0.2, 0.25) is 10.0 Å². The van der Waals surface area contributed by atoms with E-state index in [1.165, 1.54) is 0 Å². The van der Waals surface area contributed by atoms with Gasteiger partial charge in [0, 0.05) is 24.8 Å². The Hall–Kier alpha value is -1.66. The predicted octanol–water partition coefficient (Wildman–Crippen LogP) is 1.77. The van der Waals surface area contributed by atoms with E-state index in [-0.39, 0.29) is 6.04 Å². The summed E-state index contributed by atoms with van der Waals surface area (Å²) in [5.74, 6) is 0. The lowest BCUT2D eigenvalue weighted by atomic mass is 10.2. The highest BCUT2D eigenvalue weighted by Gasteiger charge is 2.20. The summed E-state index contributed by atoms with van der Waals surface area (Å²) in [6.07, 6.45) is 3.45. The Balaban J connectivity index is 2.25. The van der Waals surface area contributed by atoms with Crippen molar-refractivity contribution in [2.45, 2.75) is 24.8 Å². The zero-order valence-corrected chi connectivity index (χ0v) is 12.0. The molecule has 1 N–H and O–H groups in total. The summed E-state index contributed by atoms with van der Waals surface area (Å²) in [6.45, 7) is 3.58. The Morgan fingerprint density at radius 1 is 1.32 bits per heavy atom. The van der Waals surface area contributed by atoms with Crippen LogP contribution in [-0.4, -0.2) is 18.2 Å². The van der Waals surface area contributed by atoms with Crippen LogP contribution in [0.15, 0.2) is 41.6 Å². The molecule has 1 aromatic carbocycles. The number of aryl methyl sites for hydroxylation is 2. The van der Waals surface area contributed by atoms with E-state index in [9.17, 15) is 8.42 Å². The fourth-order valence-corrected chi connectivity index (χ4v) is 3.36. The second-order valence-electron chi connectivity index (χ2n) is 4.56. The number of nitrogens with zero attached hydrogens (tertiary/aromatic N) is 2. The molecule has 1 aromatic heterocycles. The lowest BCUT2D eigenvalue weighted by Gasteiger charge is -2.14. The Morgan fingerprint density at radius 3 is 2.58 bits per heavy atom. The number of hydrogen-bond acceptors (Lipinski definition) is 3. The summed E-state index contributed by atoms with van der Waals surface area (Å²) in [4.78, 5) is 0.311. The Bertz CT molecular complexity index is 677. The van der Waals surface area contributed by atoms with Crippen LogP contribution in [0.4, 0.5) is 0 Å². The maximum absolute atomic E-state index is 12.3. The summed E-state index contributed by atoms with van der Waals surface area (Å²) in [5, 5.41) is 4.04. The lowest BCUT2D eigenvalue weighted by Crippen LogP contribution is -2.27. The topological polar surface area (TPSA) is 64.0 Å². The Morgan fingerprint density at radius 2 is 2.00 bits per heavy atom. The van der Waals surface area contributed by atoms with Crippen LogP contribution in [0.2, 0.25) is 0 Å². The van der Waals surface area contributed by atoms with Crippen molar-refractivity contribution in [2.24, 2.45) is 7.05 Å². The highest BCUT2D eigenvalue weighted by Crippen LogP contribution is 2.18. The number of sulfonamides is 1. The molecule has 5 nitrogen and oxygen atoms in total. The number of hydrogen-bond donors (Lipinski definition) is 1. The molecule has 0 saturated heterocycles. The van der Waals surface area contributed by atoms with Gasteiger partial charge < -0.3 is 0 Å². The van der Waals surface area contributed by atoms with Gasteiger partial charge in [-0.2, -0.15) is 5.10 Å². The van der Waals surface area contributed by atoms with Crippen molar-refractivity contribution in [1.29, 1.82) is 0 Å². The molecule has 0 amide bonds. The molecule has 6 heteroatoms. The first-order valence-electron chi connectivity index (χ1n) is 5.96. The van der Waals surface area contributed by atoms with E-state index in [1.807, 2.05) is 6.07 Å². The van der Waals surface area contributed by atoms with Crippen molar-refractivity contribution in [3.63, 3.8) is 0 Å². The minimum Gasteiger partial charge on any atom is -0.275 e. The molecule has 19 heavy (non-hydrogen) atoms. The first kappa shape index (κ1) is 13.8. The van der Waals surface area contributed by atoms with Crippen molar-refractivity contribution in [1.82, 2.24) is 14.5 Å². The lowest BCUT2D eigenvalue weighted by molar-refractivity contribution is 0.566. The summed E-state index contributed by atoms with van der Waals surface area (Å²) in [5.41, 5.74) is 1.56. The van der Waals surface area contributed by atoms with Gasteiger partial charge >= 0.3 is 0 Å². The second-order valence-corrected chi connectivity index (χ2v) is 6.24. The Kier molecular flexibility index (Phi) is 3.73. The molecule has 0 bridgehead atoms. The highest BCUT2D eigenvalue weighted by molar-refractivity contribution is 7.89. The first-order valence-corrected chi connectivity index (χ1v) is 7.45. The van der Waals surface area contributed by atoms with Gasteiger partial charge in [-0.25, -0.2) is 13.1 Å². The van der Waals surface area contributed by atoms with Gasteiger partial charge in [-0.3, -0.25) is 4.68 Å². The van der Waals surface area contributed by atoms with E-state index in [1.54, 1.807) is 56.2 Å². The van der Waals surface area contributed by atoms with Crippen LogP contribution in [0.3, 0.4) is 0 Å². The van der Waals surface area contributed by atoms with Crippen LogP contribution in [0, 0.1) is 6.92 Å². The molecule has 0 radical (unpaired) electrons. The van der Waals surface area contributed by atoms with Crippen molar-refractivity contribution >= 4 is 10.0 Å². The van der Waals surface area contributed by atoms with Gasteiger partial charge in [-0.05, 0) is 25.5 Å². The van der Waals surface area contributed by atoms with Gasteiger partial charge in [-0.15, -0.1) is 0 Å². The van der Waals surface area contributed by atoms with Crippen molar-refractivity contribution in [3.8, 4) is 0 Å². The molecule has 0 aliphatic rings. The molecule has 0 saturated carbocycles. The third-order valence-corrected chi connectivity index (χ3v) is 4.64. The van der Waals surface area contributed by atoms with Gasteiger partial charge in [0.15, 0.2) is 0 Å². The van der Waals surface area contributed by atoms with Gasteiger partial charge in [0.25, 0.3) is 0 Å². The van der Waals surface area contributed by atoms with Crippen LogP contribution >= 0.6 is 0 Å². The third kappa shape index (κ3) is 3.02. The fraction of sp³-hybridized carbons (Fsp3) is 0.308. The monoisotopic (exact) mass is 279 g/mol. The standard InChI is InChI=1S/C13H17N3O2S/c1-10-6-4-5-7-13(10)19(17,18)15-11(2)12-8-14-16(3)9-12/h4-9,11,15H,1-3H3. The van der Waals surface area contributed by atoms with Crippen LogP contribution in [0.1, 0.15) is 24.1 Å². The van der Waals surface area contributed by atoms with Gasteiger partial charge in [0.1, 0.15) is 0 Å². The quantitative estimate of drug-likeness (QED) is 0.927. The summed E-state index contributed by atoms with van der Waals surface area (Å²) < 4.78 is 28.9. The molecular formula is C13H17N3O2S. The molecule has 0 fully saturated rings. The minimum atomic E-state index is -3.52. The fourth-order valence-electron chi connectivity index (χ4n) is 1.89. The maximum Gasteiger partial charge on any atom is 0.241 e. The van der Waals surface area contributed by atoms with Crippen LogP contribution in [0.25, 0.3) is 0 Å². The molecule has 2 aromatic rings. The normalized spacial score (nSPS) is 13.4. The molecule has 102 valence electrons. The maximum atomic E-state index is 12.3. The molecule has 0 aliphatic heterocycles. The molecule has 1 atom stereocenters. The zero-order chi connectivity index (χ0) is 14.0. The number of aromatic nitrogens is 2. The van der Waals surface area contributed by atoms with E-state index in [0.29, 0.717) is 4.90 Å². The van der Waals surface area contributed by atoms with Crippen LogP contribution < -0.4 is 4.72 Å². The Labute approximate surface area is 113 Å². The van der Waals surface area contributed by atoms with Crippen molar-refractivity contribution < 1.29 is 8.42 Å². The SMILES string of the molecule is Cc1ccccc1S(=O)(=O)NC(C)c1cnn(C)c1. The van der Waals surface area contributed by atoms with Crippen molar-refractivity contribution in [3.05, 3.63) is 47.8 Å². The smallest absolute Gasteiger partial charge is 0.241 e. The average molecular weight is 279 g/mol. The highest BCUT2D eigenvalue weighted by atomic mass is 32.2. The molecule has 1 unspecified atom stereocenters. The third-order valence-electron chi connectivity index (χ3n) is 2.94. The van der Waals surface area contributed by atoms with Crippen LogP contribution in [0.5, 0.6) is 0 Å². The summed E-state index contributed by atoms with van der Waals surface area (Å²) in [7, 11) is -1.72. The number of nitrogens with one attached hydrogen (secondary N) is 1. The summed E-state index contributed by atoms with van der Waals surface area (Å²) in [6, 6.07) is 6.60. The first-order chi connectivity index (χ1) is 8.90. The molecule has 2 rings (SSSR count). The zero-order valence-electron chi connectivity index (χ0n) is 11.2. The van der Waals surface area contributed by atoms with Gasteiger partial charge in [0.05, 0.1) is 11.1 Å². The summed E-state index contributed by atoms with van der Waals surface area (Å²) >= 11 is 0. The molecular weight excluding hydrogens is 262 g/mol. The van der Waals surface area contributed by atoms with Crippen molar-refractivity contribution in [2.75, 3.05) is 0 Å². The molecule has 0 aliphatic carbocycles. The van der Waals surface area contributed by atoms with E-state index in [2.05, 4.69) is 9.82 Å². The van der Waals surface area contributed by atoms with E-state index in [4.69, 9.17) is 0 Å². The molecule has 0 spiro atoms.